The van der Waals surface area contributed by atoms with E-state index in [9.17, 15) is 18.4 Å². The summed E-state index contributed by atoms with van der Waals surface area (Å²) in [5.74, 6) is -1.82. The van der Waals surface area contributed by atoms with Crippen molar-refractivity contribution in [2.45, 2.75) is 18.9 Å². The van der Waals surface area contributed by atoms with Crippen molar-refractivity contribution in [1.29, 1.82) is 0 Å². The maximum atomic E-state index is 12.3. The van der Waals surface area contributed by atoms with Crippen molar-refractivity contribution in [3.63, 3.8) is 0 Å². The van der Waals surface area contributed by atoms with Crippen LogP contribution in [0.15, 0.2) is 24.3 Å². The topological polar surface area (TPSA) is 63.6 Å². The Morgan fingerprint density at radius 1 is 1.40 bits per heavy atom. The van der Waals surface area contributed by atoms with Gasteiger partial charge in [-0.05, 0) is 24.6 Å². The third kappa shape index (κ3) is 4.62. The lowest BCUT2D eigenvalue weighted by molar-refractivity contribution is -0.131. The first-order valence-corrected chi connectivity index (χ1v) is 5.89. The number of carbonyl (C=O) groups is 2. The standard InChI is InChI=1S/C13H11ClF2O4/c1-7(17)12(14)9-3-2-8(4-5-11(18)19)10(6-9)20-13(15)16/h2-6,12-13H,1H3,(H,18,19)/b5-4+. The van der Waals surface area contributed by atoms with Gasteiger partial charge in [0.25, 0.3) is 0 Å². The van der Waals surface area contributed by atoms with Crippen LogP contribution in [0.1, 0.15) is 23.4 Å². The van der Waals surface area contributed by atoms with Gasteiger partial charge in [0.1, 0.15) is 11.1 Å². The largest absolute Gasteiger partial charge is 0.478 e. The normalized spacial score (nSPS) is 12.7. The minimum Gasteiger partial charge on any atom is -0.478 e. The highest BCUT2D eigenvalue weighted by Gasteiger charge is 2.16. The van der Waals surface area contributed by atoms with Gasteiger partial charge >= 0.3 is 12.6 Å². The Morgan fingerprint density at radius 3 is 2.55 bits per heavy atom. The van der Waals surface area contributed by atoms with Gasteiger partial charge in [0.15, 0.2) is 5.78 Å². The van der Waals surface area contributed by atoms with E-state index in [-0.39, 0.29) is 17.1 Å². The molecule has 0 heterocycles. The number of hydrogen-bond acceptors (Lipinski definition) is 3. The van der Waals surface area contributed by atoms with Crippen LogP contribution in [0, 0.1) is 0 Å². The van der Waals surface area contributed by atoms with Crippen LogP contribution in [-0.2, 0) is 9.59 Å². The minimum atomic E-state index is -3.08. The van der Waals surface area contributed by atoms with Crippen molar-refractivity contribution in [1.82, 2.24) is 0 Å². The average molecular weight is 305 g/mol. The van der Waals surface area contributed by atoms with Gasteiger partial charge < -0.3 is 9.84 Å². The van der Waals surface area contributed by atoms with Gasteiger partial charge in [-0.15, -0.1) is 11.6 Å². The summed E-state index contributed by atoms with van der Waals surface area (Å²) >= 11 is 5.82. The number of alkyl halides is 3. The Labute approximate surface area is 118 Å². The van der Waals surface area contributed by atoms with E-state index in [1.807, 2.05) is 0 Å². The van der Waals surface area contributed by atoms with Gasteiger partial charge in [0.05, 0.1) is 0 Å². The number of ketones is 1. The van der Waals surface area contributed by atoms with E-state index in [0.717, 1.165) is 12.2 Å². The van der Waals surface area contributed by atoms with Crippen molar-refractivity contribution in [2.24, 2.45) is 0 Å². The lowest BCUT2D eigenvalue weighted by Crippen LogP contribution is -2.06. The fourth-order valence-corrected chi connectivity index (χ4v) is 1.58. The molecule has 0 saturated carbocycles. The number of carbonyl (C=O) groups excluding carboxylic acids is 1. The van der Waals surface area contributed by atoms with Crippen LogP contribution in [0.5, 0.6) is 5.75 Å². The average Bonchev–Trinajstić information content (AvgIpc) is 2.35. The molecule has 1 aromatic rings. The SMILES string of the molecule is CC(=O)C(Cl)c1ccc(/C=C/C(=O)O)c(OC(F)F)c1. The van der Waals surface area contributed by atoms with E-state index >= 15 is 0 Å². The van der Waals surface area contributed by atoms with Gasteiger partial charge in [-0.2, -0.15) is 8.78 Å². The molecule has 1 unspecified atom stereocenters. The molecule has 0 amide bonds. The number of carboxylic acid groups (broad SMARTS) is 1. The van der Waals surface area contributed by atoms with Crippen LogP contribution < -0.4 is 4.74 Å². The third-order valence-corrected chi connectivity index (χ3v) is 2.87. The fourth-order valence-electron chi connectivity index (χ4n) is 1.44. The summed E-state index contributed by atoms with van der Waals surface area (Å²) < 4.78 is 29.0. The van der Waals surface area contributed by atoms with Crippen molar-refractivity contribution < 1.29 is 28.2 Å². The number of aliphatic carboxylic acids is 1. The summed E-state index contributed by atoms with van der Waals surface area (Å²) in [5.41, 5.74) is 0.436. The van der Waals surface area contributed by atoms with Crippen LogP contribution in [0.25, 0.3) is 6.08 Å². The molecule has 4 nitrogen and oxygen atoms in total. The fraction of sp³-hybridized carbons (Fsp3) is 0.231. The molecule has 0 bridgehead atoms. The van der Waals surface area contributed by atoms with Crippen LogP contribution in [0.4, 0.5) is 8.78 Å². The molecule has 0 aliphatic rings. The highest BCUT2D eigenvalue weighted by Crippen LogP contribution is 2.29. The van der Waals surface area contributed by atoms with Crippen molar-refractivity contribution in [2.75, 3.05) is 0 Å². The van der Waals surface area contributed by atoms with E-state index in [0.29, 0.717) is 5.56 Å². The first kappa shape index (κ1) is 16.1. The summed E-state index contributed by atoms with van der Waals surface area (Å²) in [7, 11) is 0. The van der Waals surface area contributed by atoms with E-state index in [2.05, 4.69) is 4.74 Å². The zero-order chi connectivity index (χ0) is 15.3. The molecule has 7 heteroatoms. The second kappa shape index (κ2) is 7.00. The van der Waals surface area contributed by atoms with E-state index in [4.69, 9.17) is 16.7 Å². The molecule has 0 aromatic heterocycles. The molecule has 1 atom stereocenters. The maximum Gasteiger partial charge on any atom is 0.387 e. The molecular formula is C13H11ClF2O4. The van der Waals surface area contributed by atoms with Crippen LogP contribution in [-0.4, -0.2) is 23.5 Å². The molecule has 0 fully saturated rings. The Hall–Kier alpha value is -1.95. The molecular weight excluding hydrogens is 294 g/mol. The maximum absolute atomic E-state index is 12.3. The van der Waals surface area contributed by atoms with E-state index in [1.165, 1.54) is 25.1 Å². The lowest BCUT2D eigenvalue weighted by atomic mass is 10.1. The third-order valence-electron chi connectivity index (χ3n) is 2.31. The van der Waals surface area contributed by atoms with Crippen molar-refractivity contribution >= 4 is 29.4 Å². The predicted octanol–water partition coefficient (Wildman–Crippen LogP) is 3.25. The van der Waals surface area contributed by atoms with Crippen LogP contribution >= 0.6 is 11.6 Å². The summed E-state index contributed by atoms with van der Waals surface area (Å²) in [6, 6.07) is 3.98. The first-order valence-electron chi connectivity index (χ1n) is 5.45. The molecule has 0 aliphatic heterocycles. The van der Waals surface area contributed by atoms with E-state index in [1.54, 1.807) is 0 Å². The summed E-state index contributed by atoms with van der Waals surface area (Å²) in [4.78, 5) is 21.6. The number of carboxylic acids is 1. The zero-order valence-corrected chi connectivity index (χ0v) is 11.1. The Balaban J connectivity index is 3.18. The minimum absolute atomic E-state index is 0.142. The first-order chi connectivity index (χ1) is 9.31. The number of ether oxygens (including phenoxy) is 1. The monoisotopic (exact) mass is 304 g/mol. The Morgan fingerprint density at radius 2 is 2.05 bits per heavy atom. The summed E-state index contributed by atoms with van der Waals surface area (Å²) in [5, 5.41) is 7.54. The summed E-state index contributed by atoms with van der Waals surface area (Å²) in [6.45, 7) is -1.81. The second-order valence-corrected chi connectivity index (χ2v) is 4.26. The van der Waals surface area contributed by atoms with Crippen molar-refractivity contribution in [3.8, 4) is 5.75 Å². The predicted molar refractivity (Wildman–Crippen MR) is 69.0 cm³/mol. The Bertz CT molecular complexity index is 543. The molecule has 20 heavy (non-hydrogen) atoms. The van der Waals surface area contributed by atoms with Gasteiger partial charge in [-0.1, -0.05) is 12.1 Å². The van der Waals surface area contributed by atoms with Gasteiger partial charge in [-0.3, -0.25) is 4.79 Å². The smallest absolute Gasteiger partial charge is 0.387 e. The molecule has 1 N–H and O–H groups in total. The van der Waals surface area contributed by atoms with Crippen molar-refractivity contribution in [3.05, 3.63) is 35.4 Å². The number of Topliss-reactive ketones (excluding diaryl/α,β-unsaturated/α-hetero) is 1. The molecule has 0 radical (unpaired) electrons. The quantitative estimate of drug-likeness (QED) is 0.647. The van der Waals surface area contributed by atoms with Crippen LogP contribution in [0.2, 0.25) is 0 Å². The summed E-state index contributed by atoms with van der Waals surface area (Å²) in [6.07, 6.45) is 1.90. The lowest BCUT2D eigenvalue weighted by Gasteiger charge is -2.12. The highest BCUT2D eigenvalue weighted by molar-refractivity contribution is 6.30. The zero-order valence-electron chi connectivity index (χ0n) is 10.3. The molecule has 1 aromatic carbocycles. The molecule has 0 spiro atoms. The van der Waals surface area contributed by atoms with E-state index < -0.39 is 18.0 Å². The van der Waals surface area contributed by atoms with Gasteiger partial charge in [0.2, 0.25) is 0 Å². The number of halogens is 3. The number of hydrogen-bond donors (Lipinski definition) is 1. The van der Waals surface area contributed by atoms with Crippen LogP contribution in [0.3, 0.4) is 0 Å². The molecule has 0 saturated heterocycles. The number of rotatable bonds is 6. The van der Waals surface area contributed by atoms with Gasteiger partial charge in [0, 0.05) is 11.6 Å². The number of benzene rings is 1. The highest BCUT2D eigenvalue weighted by atomic mass is 35.5. The molecule has 108 valence electrons. The Kier molecular flexibility index (Phi) is 5.64. The second-order valence-electron chi connectivity index (χ2n) is 3.82. The van der Waals surface area contributed by atoms with Gasteiger partial charge in [-0.25, -0.2) is 4.79 Å². The molecule has 1 rings (SSSR count). The molecule has 0 aliphatic carbocycles.